The van der Waals surface area contributed by atoms with Crippen LogP contribution >= 0.6 is 11.6 Å². The fourth-order valence-electron chi connectivity index (χ4n) is 1.74. The zero-order chi connectivity index (χ0) is 15.7. The first-order valence-corrected chi connectivity index (χ1v) is 7.74. The number of sulfone groups is 1. The zero-order valence-corrected chi connectivity index (χ0v) is 12.2. The van der Waals surface area contributed by atoms with Crippen molar-refractivity contribution >= 4 is 21.4 Å². The van der Waals surface area contributed by atoms with Crippen LogP contribution in [-0.4, -0.2) is 18.8 Å². The summed E-state index contributed by atoms with van der Waals surface area (Å²) in [4.78, 5) is -0.553. The Bertz CT molecular complexity index is 716. The average Bonchev–Trinajstić information content (AvgIpc) is 2.48. The smallest absolute Gasteiger partial charge is 0.379 e. The third-order valence-electron chi connectivity index (χ3n) is 2.92. The first-order chi connectivity index (χ1) is 9.76. The van der Waals surface area contributed by atoms with Gasteiger partial charge in [0.05, 0.1) is 4.90 Å². The number of alkyl halides is 2. The van der Waals surface area contributed by atoms with Crippen LogP contribution in [0.1, 0.15) is 11.7 Å². The highest BCUT2D eigenvalue weighted by Gasteiger charge is 2.53. The molecule has 0 radical (unpaired) electrons. The summed E-state index contributed by atoms with van der Waals surface area (Å²) in [5, 5.41) is 5.70. The van der Waals surface area contributed by atoms with E-state index in [9.17, 15) is 22.3 Å². The number of rotatable bonds is 4. The number of aliphatic hydroxyl groups is 1. The summed E-state index contributed by atoms with van der Waals surface area (Å²) >= 11 is 5.63. The second-order valence-corrected chi connectivity index (χ2v) is 6.79. The molecule has 1 atom stereocenters. The molecule has 1 unspecified atom stereocenters. The lowest BCUT2D eigenvalue weighted by molar-refractivity contribution is -0.0434. The van der Waals surface area contributed by atoms with Gasteiger partial charge in [-0.3, -0.25) is 0 Å². The van der Waals surface area contributed by atoms with Gasteiger partial charge in [-0.2, -0.15) is 8.78 Å². The highest BCUT2D eigenvalue weighted by atomic mass is 35.5. The lowest BCUT2D eigenvalue weighted by Crippen LogP contribution is -2.35. The number of halogens is 3. The van der Waals surface area contributed by atoms with Crippen LogP contribution in [0.4, 0.5) is 8.78 Å². The van der Waals surface area contributed by atoms with Gasteiger partial charge in [0.25, 0.3) is 0 Å². The van der Waals surface area contributed by atoms with Crippen LogP contribution in [0.15, 0.2) is 59.5 Å². The van der Waals surface area contributed by atoms with E-state index in [1.165, 1.54) is 30.3 Å². The monoisotopic (exact) mass is 332 g/mol. The molecule has 21 heavy (non-hydrogen) atoms. The van der Waals surface area contributed by atoms with Crippen LogP contribution < -0.4 is 0 Å². The molecule has 0 aliphatic heterocycles. The third kappa shape index (κ3) is 2.92. The Balaban J connectivity index is 2.43. The van der Waals surface area contributed by atoms with Gasteiger partial charge in [0.1, 0.15) is 0 Å². The zero-order valence-electron chi connectivity index (χ0n) is 10.6. The molecule has 2 aromatic carbocycles. The fraction of sp³-hybridized carbons (Fsp3) is 0.143. The molecule has 2 rings (SSSR count). The Morgan fingerprint density at radius 1 is 1.00 bits per heavy atom. The minimum Gasteiger partial charge on any atom is -0.381 e. The summed E-state index contributed by atoms with van der Waals surface area (Å²) in [6.45, 7) is 0. The van der Waals surface area contributed by atoms with Crippen LogP contribution in [0.25, 0.3) is 0 Å². The maximum Gasteiger partial charge on any atom is 0.379 e. The number of hydrogen-bond donors (Lipinski definition) is 1. The maximum absolute atomic E-state index is 14.2. The molecule has 0 saturated heterocycles. The molecule has 0 amide bonds. The van der Waals surface area contributed by atoms with Crippen molar-refractivity contribution in [1.29, 1.82) is 0 Å². The van der Waals surface area contributed by atoms with Gasteiger partial charge in [0, 0.05) is 5.02 Å². The largest absolute Gasteiger partial charge is 0.381 e. The minimum atomic E-state index is -5.01. The van der Waals surface area contributed by atoms with Crippen molar-refractivity contribution in [3.63, 3.8) is 0 Å². The van der Waals surface area contributed by atoms with Crippen LogP contribution in [0.2, 0.25) is 5.02 Å². The van der Waals surface area contributed by atoms with Gasteiger partial charge in [-0.1, -0.05) is 41.9 Å². The summed E-state index contributed by atoms with van der Waals surface area (Å²) in [7, 11) is -5.01. The molecule has 3 nitrogen and oxygen atoms in total. The van der Waals surface area contributed by atoms with Crippen molar-refractivity contribution in [2.24, 2.45) is 0 Å². The molecule has 0 fully saturated rings. The summed E-state index contributed by atoms with van der Waals surface area (Å²) in [5.41, 5.74) is -0.232. The van der Waals surface area contributed by atoms with Crippen molar-refractivity contribution < 1.29 is 22.3 Å². The fourth-order valence-corrected chi connectivity index (χ4v) is 3.13. The van der Waals surface area contributed by atoms with Gasteiger partial charge in [-0.25, -0.2) is 8.42 Å². The van der Waals surface area contributed by atoms with Crippen molar-refractivity contribution in [2.45, 2.75) is 16.3 Å². The number of hydrogen-bond acceptors (Lipinski definition) is 3. The minimum absolute atomic E-state index is 0.232. The second kappa shape index (κ2) is 5.71. The Morgan fingerprint density at radius 3 is 2.05 bits per heavy atom. The van der Waals surface area contributed by atoms with E-state index >= 15 is 0 Å². The molecule has 0 aliphatic carbocycles. The number of aliphatic hydroxyl groups excluding tert-OH is 1. The van der Waals surface area contributed by atoms with Gasteiger partial charge >= 0.3 is 5.25 Å². The molecule has 0 bridgehead atoms. The molecule has 0 spiro atoms. The number of benzene rings is 2. The van der Waals surface area contributed by atoms with Crippen molar-refractivity contribution in [3.8, 4) is 0 Å². The van der Waals surface area contributed by atoms with Gasteiger partial charge in [0.2, 0.25) is 9.84 Å². The van der Waals surface area contributed by atoms with Crippen LogP contribution in [0.3, 0.4) is 0 Å². The van der Waals surface area contributed by atoms with Crippen LogP contribution in [-0.2, 0) is 9.84 Å². The normalized spacial score (nSPS) is 13.9. The van der Waals surface area contributed by atoms with Crippen molar-refractivity contribution in [1.82, 2.24) is 0 Å². The summed E-state index contributed by atoms with van der Waals surface area (Å²) < 4.78 is 52.4. The van der Waals surface area contributed by atoms with Gasteiger partial charge in [0.15, 0.2) is 6.10 Å². The van der Waals surface area contributed by atoms with Crippen LogP contribution in [0.5, 0.6) is 0 Å². The van der Waals surface area contributed by atoms with E-state index in [0.717, 1.165) is 24.3 Å². The van der Waals surface area contributed by atoms with E-state index in [-0.39, 0.29) is 5.56 Å². The van der Waals surface area contributed by atoms with E-state index in [0.29, 0.717) is 5.02 Å². The Labute approximate surface area is 125 Å². The van der Waals surface area contributed by atoms with E-state index < -0.39 is 26.1 Å². The van der Waals surface area contributed by atoms with Gasteiger partial charge in [-0.05, 0) is 29.8 Å². The summed E-state index contributed by atoms with van der Waals surface area (Å²) in [6.07, 6.45) is -2.49. The van der Waals surface area contributed by atoms with E-state index in [1.54, 1.807) is 0 Å². The molecule has 0 aromatic heterocycles. The predicted molar refractivity (Wildman–Crippen MR) is 75.0 cm³/mol. The van der Waals surface area contributed by atoms with Gasteiger partial charge < -0.3 is 5.11 Å². The molecule has 0 saturated carbocycles. The highest BCUT2D eigenvalue weighted by Crippen LogP contribution is 2.39. The average molecular weight is 333 g/mol. The molecular weight excluding hydrogens is 322 g/mol. The summed E-state index contributed by atoms with van der Waals surface area (Å²) in [5.74, 6) is 0. The quantitative estimate of drug-likeness (QED) is 0.933. The molecular formula is C14H11ClF2O3S. The Morgan fingerprint density at radius 2 is 1.52 bits per heavy atom. The Kier molecular flexibility index (Phi) is 4.32. The highest BCUT2D eigenvalue weighted by molar-refractivity contribution is 7.92. The molecule has 1 N–H and O–H groups in total. The molecule has 2 aromatic rings. The lowest BCUT2D eigenvalue weighted by Gasteiger charge is -2.23. The van der Waals surface area contributed by atoms with Crippen molar-refractivity contribution in [2.75, 3.05) is 0 Å². The first-order valence-electron chi connectivity index (χ1n) is 5.88. The first kappa shape index (κ1) is 15.9. The Hall–Kier alpha value is -1.50. The predicted octanol–water partition coefficient (Wildman–Crippen LogP) is 3.44. The van der Waals surface area contributed by atoms with Crippen molar-refractivity contribution in [3.05, 3.63) is 65.2 Å². The molecule has 0 aliphatic rings. The molecule has 112 valence electrons. The SMILES string of the molecule is O=S(=O)(c1ccccc1)C(F)(F)C(O)c1ccc(Cl)cc1. The third-order valence-corrected chi connectivity index (χ3v) is 5.00. The molecule has 7 heteroatoms. The van der Waals surface area contributed by atoms with E-state index in [2.05, 4.69) is 0 Å². The van der Waals surface area contributed by atoms with E-state index in [1.807, 2.05) is 0 Å². The lowest BCUT2D eigenvalue weighted by atomic mass is 10.1. The van der Waals surface area contributed by atoms with E-state index in [4.69, 9.17) is 11.6 Å². The molecule has 0 heterocycles. The standard InChI is InChI=1S/C14H11ClF2O3S/c15-11-8-6-10(7-9-11)13(18)14(16,17)21(19,20)12-4-2-1-3-5-12/h1-9,13,18H. The summed E-state index contributed by atoms with van der Waals surface area (Å²) in [6, 6.07) is 11.2. The van der Waals surface area contributed by atoms with Gasteiger partial charge in [-0.15, -0.1) is 0 Å². The maximum atomic E-state index is 14.2. The second-order valence-electron chi connectivity index (χ2n) is 4.33. The topological polar surface area (TPSA) is 54.4 Å². The van der Waals surface area contributed by atoms with Crippen LogP contribution in [0, 0.1) is 0 Å².